The Hall–Kier alpha value is -3.63. The van der Waals surface area contributed by atoms with Gasteiger partial charge in [0.2, 0.25) is 5.91 Å². The Labute approximate surface area is 167 Å². The lowest BCUT2D eigenvalue weighted by Crippen LogP contribution is -2.26. The van der Waals surface area contributed by atoms with E-state index in [9.17, 15) is 22.4 Å². The van der Waals surface area contributed by atoms with Crippen LogP contribution in [0.3, 0.4) is 0 Å². The lowest BCUT2D eigenvalue weighted by atomic mass is 10.1. The third-order valence-corrected chi connectivity index (χ3v) is 3.93. The monoisotopic (exact) mass is 424 g/mol. The fourth-order valence-electron chi connectivity index (χ4n) is 2.67. The van der Waals surface area contributed by atoms with Gasteiger partial charge in [-0.1, -0.05) is 6.07 Å². The summed E-state index contributed by atoms with van der Waals surface area (Å²) < 4.78 is 60.1. The summed E-state index contributed by atoms with van der Waals surface area (Å²) in [6.07, 6.45) is 4.06. The third kappa shape index (κ3) is 5.25. The topological polar surface area (TPSA) is 77.8 Å². The molecule has 1 aromatic carbocycles. The van der Waals surface area contributed by atoms with Gasteiger partial charge in [0.1, 0.15) is 11.5 Å². The van der Waals surface area contributed by atoms with Crippen LogP contribution in [0, 0.1) is 0 Å². The molecule has 7 nitrogen and oxygen atoms in total. The van der Waals surface area contributed by atoms with Crippen LogP contribution in [0.15, 0.2) is 48.7 Å². The fraction of sp³-hybridized carbons (Fsp3) is 0.211. The minimum atomic E-state index is -3.19. The molecule has 0 saturated carbocycles. The molecule has 1 atom stereocenters. The first-order valence-electron chi connectivity index (χ1n) is 8.65. The molecule has 3 aromatic rings. The maximum Gasteiger partial charge on any atom is 0.387 e. The van der Waals surface area contributed by atoms with Gasteiger partial charge in [-0.2, -0.15) is 17.6 Å². The largest absolute Gasteiger partial charge is 0.435 e. The molecule has 0 bridgehead atoms. The predicted octanol–water partition coefficient (Wildman–Crippen LogP) is 3.82. The first-order chi connectivity index (χ1) is 14.3. The van der Waals surface area contributed by atoms with Gasteiger partial charge in [0.15, 0.2) is 11.5 Å². The van der Waals surface area contributed by atoms with E-state index in [0.717, 1.165) is 18.2 Å². The molecule has 3 rings (SSSR count). The minimum Gasteiger partial charge on any atom is -0.435 e. The SMILES string of the molecule is CC(NC(=O)/C=C/c1ccc(OC(F)F)cc1OC(F)F)c1nnc2ccccn12. The third-order valence-electron chi connectivity index (χ3n) is 3.93. The van der Waals surface area contributed by atoms with E-state index in [1.165, 1.54) is 12.1 Å². The molecule has 0 saturated heterocycles. The Morgan fingerprint density at radius 1 is 1.10 bits per heavy atom. The van der Waals surface area contributed by atoms with Gasteiger partial charge in [0.25, 0.3) is 0 Å². The first-order valence-corrected chi connectivity index (χ1v) is 8.65. The van der Waals surface area contributed by atoms with Crippen LogP contribution in [0.25, 0.3) is 11.7 Å². The Morgan fingerprint density at radius 3 is 2.60 bits per heavy atom. The quantitative estimate of drug-likeness (QED) is 0.439. The molecule has 1 amide bonds. The van der Waals surface area contributed by atoms with Gasteiger partial charge in [-0.3, -0.25) is 9.20 Å². The van der Waals surface area contributed by atoms with E-state index in [0.29, 0.717) is 11.5 Å². The summed E-state index contributed by atoms with van der Waals surface area (Å²) in [7, 11) is 0. The number of pyridine rings is 1. The smallest absolute Gasteiger partial charge is 0.387 e. The number of aromatic nitrogens is 3. The van der Waals surface area contributed by atoms with Gasteiger partial charge in [-0.15, -0.1) is 10.2 Å². The number of halogens is 4. The molecule has 1 unspecified atom stereocenters. The second kappa shape index (κ2) is 9.25. The van der Waals surface area contributed by atoms with E-state index in [1.807, 2.05) is 0 Å². The van der Waals surface area contributed by atoms with Crippen molar-refractivity contribution >= 4 is 17.6 Å². The summed E-state index contributed by atoms with van der Waals surface area (Å²) in [6, 6.07) is 8.11. The van der Waals surface area contributed by atoms with Crippen molar-refractivity contribution in [3.8, 4) is 11.5 Å². The molecule has 0 aliphatic carbocycles. The van der Waals surface area contributed by atoms with Crippen LogP contribution < -0.4 is 14.8 Å². The van der Waals surface area contributed by atoms with Crippen molar-refractivity contribution in [3.63, 3.8) is 0 Å². The highest BCUT2D eigenvalue weighted by atomic mass is 19.3. The van der Waals surface area contributed by atoms with E-state index in [2.05, 4.69) is 25.0 Å². The maximum absolute atomic E-state index is 12.6. The van der Waals surface area contributed by atoms with Crippen molar-refractivity contribution in [2.75, 3.05) is 0 Å². The Kier molecular flexibility index (Phi) is 6.50. The highest BCUT2D eigenvalue weighted by Gasteiger charge is 2.15. The van der Waals surface area contributed by atoms with Crippen LogP contribution in [0.1, 0.15) is 24.4 Å². The summed E-state index contributed by atoms with van der Waals surface area (Å²) in [5.41, 5.74) is 0.691. The van der Waals surface area contributed by atoms with E-state index in [1.54, 1.807) is 35.7 Å². The second-order valence-electron chi connectivity index (χ2n) is 6.01. The first kappa shape index (κ1) is 21.1. The normalized spacial score (nSPS) is 12.6. The molecule has 2 aromatic heterocycles. The van der Waals surface area contributed by atoms with Gasteiger partial charge in [0.05, 0.1) is 6.04 Å². The molecule has 1 N–H and O–H groups in total. The fourth-order valence-corrected chi connectivity index (χ4v) is 2.67. The average Bonchev–Trinajstić information content (AvgIpc) is 3.10. The molecule has 0 spiro atoms. The molecule has 0 radical (unpaired) electrons. The minimum absolute atomic E-state index is 0.0765. The lowest BCUT2D eigenvalue weighted by Gasteiger charge is -2.12. The second-order valence-corrected chi connectivity index (χ2v) is 6.01. The van der Waals surface area contributed by atoms with Crippen molar-refractivity contribution in [3.05, 3.63) is 60.1 Å². The number of hydrogen-bond donors (Lipinski definition) is 1. The van der Waals surface area contributed by atoms with Crippen LogP contribution >= 0.6 is 0 Å². The van der Waals surface area contributed by atoms with E-state index >= 15 is 0 Å². The highest BCUT2D eigenvalue weighted by Crippen LogP contribution is 2.28. The number of nitrogens with zero attached hydrogens (tertiary/aromatic N) is 3. The Morgan fingerprint density at radius 2 is 1.87 bits per heavy atom. The van der Waals surface area contributed by atoms with E-state index in [4.69, 9.17) is 0 Å². The zero-order valence-corrected chi connectivity index (χ0v) is 15.5. The van der Waals surface area contributed by atoms with Crippen LogP contribution in [-0.2, 0) is 4.79 Å². The number of benzene rings is 1. The van der Waals surface area contributed by atoms with Gasteiger partial charge in [-0.05, 0) is 37.3 Å². The number of amides is 1. The summed E-state index contributed by atoms with van der Waals surface area (Å²) in [5.74, 6) is -0.799. The number of nitrogens with one attached hydrogen (secondary N) is 1. The van der Waals surface area contributed by atoms with Crippen LogP contribution in [-0.4, -0.2) is 33.7 Å². The standard InChI is InChI=1S/C19H16F4N4O3/c1-11(17-26-25-15-4-2-3-9-27(15)17)24-16(28)8-6-12-5-7-13(29-18(20)21)10-14(12)30-19(22)23/h2-11,18-19H,1H3,(H,24,28)/b8-6+. The molecule has 2 heterocycles. The molecule has 0 fully saturated rings. The van der Waals surface area contributed by atoms with Crippen LogP contribution in [0.2, 0.25) is 0 Å². The number of carbonyl (C=O) groups is 1. The Balaban J connectivity index is 1.73. The van der Waals surface area contributed by atoms with Crippen LogP contribution in [0.4, 0.5) is 17.6 Å². The summed E-state index contributed by atoms with van der Waals surface area (Å²) in [4.78, 5) is 12.2. The van der Waals surface area contributed by atoms with Gasteiger partial charge in [0, 0.05) is 23.9 Å². The number of hydrogen-bond acceptors (Lipinski definition) is 5. The number of fused-ring (bicyclic) bond motifs is 1. The van der Waals surface area contributed by atoms with Gasteiger partial charge < -0.3 is 14.8 Å². The zero-order valence-electron chi connectivity index (χ0n) is 15.5. The summed E-state index contributed by atoms with van der Waals surface area (Å²) >= 11 is 0. The zero-order chi connectivity index (χ0) is 21.7. The number of alkyl halides is 4. The summed E-state index contributed by atoms with van der Waals surface area (Å²) in [5, 5.41) is 10.7. The number of ether oxygens (including phenoxy) is 2. The molecule has 30 heavy (non-hydrogen) atoms. The molecule has 0 aliphatic heterocycles. The van der Waals surface area contributed by atoms with Crippen molar-refractivity contribution in [2.24, 2.45) is 0 Å². The number of carbonyl (C=O) groups excluding carboxylic acids is 1. The Bertz CT molecular complexity index is 1060. The predicted molar refractivity (Wildman–Crippen MR) is 98.3 cm³/mol. The van der Waals surface area contributed by atoms with E-state index < -0.39 is 30.9 Å². The highest BCUT2D eigenvalue weighted by molar-refractivity contribution is 5.92. The summed E-state index contributed by atoms with van der Waals surface area (Å²) in [6.45, 7) is -4.60. The molecular formula is C19H16F4N4O3. The van der Waals surface area contributed by atoms with Crippen molar-refractivity contribution in [2.45, 2.75) is 26.2 Å². The maximum atomic E-state index is 12.6. The molecule has 11 heteroatoms. The van der Waals surface area contributed by atoms with Crippen LogP contribution in [0.5, 0.6) is 11.5 Å². The van der Waals surface area contributed by atoms with Gasteiger partial charge in [-0.25, -0.2) is 0 Å². The van der Waals surface area contributed by atoms with E-state index in [-0.39, 0.29) is 11.3 Å². The average molecular weight is 424 g/mol. The molecular weight excluding hydrogens is 408 g/mol. The van der Waals surface area contributed by atoms with Crippen molar-refractivity contribution < 1.29 is 31.8 Å². The van der Waals surface area contributed by atoms with Crippen molar-refractivity contribution in [1.82, 2.24) is 19.9 Å². The molecule has 0 aliphatic rings. The number of rotatable bonds is 8. The lowest BCUT2D eigenvalue weighted by molar-refractivity contribution is -0.117. The molecule has 158 valence electrons. The van der Waals surface area contributed by atoms with Gasteiger partial charge >= 0.3 is 13.2 Å². The van der Waals surface area contributed by atoms with Crippen molar-refractivity contribution in [1.29, 1.82) is 0 Å².